The highest BCUT2D eigenvalue weighted by atomic mass is 35.5. The fourth-order valence-corrected chi connectivity index (χ4v) is 11.3. The molecule has 13 heteroatoms. The zero-order valence-corrected chi connectivity index (χ0v) is 29.2. The summed E-state index contributed by atoms with van der Waals surface area (Å²) < 4.78 is 16.0. The topological polar surface area (TPSA) is 109 Å². The van der Waals surface area contributed by atoms with E-state index in [1.807, 2.05) is 4.90 Å². The molecule has 2 bridgehead atoms. The van der Waals surface area contributed by atoms with Gasteiger partial charge in [-0.2, -0.15) is 11.8 Å². The Morgan fingerprint density at radius 3 is 2.63 bits per heavy atom. The minimum Gasteiger partial charge on any atom is -0.353 e. The van der Waals surface area contributed by atoms with Crippen LogP contribution in [0.1, 0.15) is 66.2 Å². The molecule has 0 radical (unpaired) electrons. The van der Waals surface area contributed by atoms with Crippen LogP contribution in [-0.2, 0) is 9.59 Å². The number of carbonyl (C=O) groups is 3. The molecule has 1 aliphatic carbocycles. The van der Waals surface area contributed by atoms with Gasteiger partial charge >= 0.3 is 6.03 Å². The van der Waals surface area contributed by atoms with Crippen LogP contribution < -0.4 is 21.3 Å². The molecule has 13 atom stereocenters. The number of hydrogen-bond acceptors (Lipinski definition) is 7. The van der Waals surface area contributed by atoms with Crippen molar-refractivity contribution in [3.63, 3.8) is 0 Å². The van der Waals surface area contributed by atoms with Gasteiger partial charge in [0, 0.05) is 77.9 Å². The number of thioether (sulfide) groups is 1. The van der Waals surface area contributed by atoms with E-state index < -0.39 is 23.5 Å². The predicted octanol–water partition coefficient (Wildman–Crippen LogP) is 2.87. The van der Waals surface area contributed by atoms with Gasteiger partial charge in [0.1, 0.15) is 6.17 Å². The van der Waals surface area contributed by atoms with Crippen LogP contribution in [0.15, 0.2) is 12.7 Å². The Morgan fingerprint density at radius 1 is 1.11 bits per heavy atom. The minimum absolute atomic E-state index is 0.0213. The molecule has 5 aliphatic heterocycles. The molecule has 0 aromatic heterocycles. The van der Waals surface area contributed by atoms with Gasteiger partial charge in [0.05, 0.1) is 18.4 Å². The first-order valence-electron chi connectivity index (χ1n) is 17.5. The number of hydrogen-bond donors (Lipinski definition) is 4. The van der Waals surface area contributed by atoms with Gasteiger partial charge in [0.2, 0.25) is 11.8 Å². The van der Waals surface area contributed by atoms with Gasteiger partial charge in [0.15, 0.2) is 0 Å². The highest BCUT2D eigenvalue weighted by Gasteiger charge is 2.57. The maximum atomic E-state index is 16.0. The molecule has 258 valence electrons. The largest absolute Gasteiger partial charge is 0.353 e. The fourth-order valence-electron chi connectivity index (χ4n) is 9.45. The van der Waals surface area contributed by atoms with Crippen molar-refractivity contribution < 1.29 is 18.8 Å². The molecular formula is C33H53ClFN7O3S. The summed E-state index contributed by atoms with van der Waals surface area (Å²) >= 11 is 9.10. The van der Waals surface area contributed by atoms with E-state index in [0.717, 1.165) is 25.8 Å². The molecule has 1 saturated carbocycles. The van der Waals surface area contributed by atoms with Gasteiger partial charge in [-0.3, -0.25) is 19.8 Å². The highest BCUT2D eigenvalue weighted by molar-refractivity contribution is 8.00. The monoisotopic (exact) mass is 681 g/mol. The van der Waals surface area contributed by atoms with Gasteiger partial charge in [-0.1, -0.05) is 20.4 Å². The van der Waals surface area contributed by atoms with Crippen molar-refractivity contribution in [3.05, 3.63) is 12.7 Å². The number of fused-ring (bicyclic) bond motifs is 5. The van der Waals surface area contributed by atoms with Crippen molar-refractivity contribution in [2.75, 3.05) is 25.4 Å². The second-order valence-corrected chi connectivity index (χ2v) is 16.6. The number of carbonyl (C=O) groups excluding carboxylic acids is 3. The van der Waals surface area contributed by atoms with Gasteiger partial charge < -0.3 is 25.8 Å². The molecule has 0 aromatic carbocycles. The van der Waals surface area contributed by atoms with Gasteiger partial charge in [-0.15, -0.1) is 11.6 Å². The Kier molecular flexibility index (Phi) is 10.5. The molecule has 10 nitrogen and oxygen atoms in total. The van der Waals surface area contributed by atoms with Gasteiger partial charge in [-0.25, -0.2) is 9.18 Å². The summed E-state index contributed by atoms with van der Waals surface area (Å²) in [5, 5.41) is 14.0. The van der Waals surface area contributed by atoms with Crippen LogP contribution in [0.5, 0.6) is 0 Å². The number of nitrogens with zero attached hydrogens (tertiary/aromatic N) is 3. The minimum atomic E-state index is -1.10. The average Bonchev–Trinajstić information content (AvgIpc) is 3.02. The van der Waals surface area contributed by atoms with E-state index in [2.05, 4.69) is 65.3 Å². The predicted molar refractivity (Wildman–Crippen MR) is 180 cm³/mol. The van der Waals surface area contributed by atoms with Crippen molar-refractivity contribution in [2.24, 2.45) is 17.8 Å². The quantitative estimate of drug-likeness (QED) is 0.268. The first-order valence-corrected chi connectivity index (χ1v) is 19.0. The van der Waals surface area contributed by atoms with Crippen molar-refractivity contribution in [2.45, 2.75) is 132 Å². The number of piperazine rings is 1. The zero-order chi connectivity index (χ0) is 32.9. The van der Waals surface area contributed by atoms with Crippen LogP contribution in [0.2, 0.25) is 0 Å². The van der Waals surface area contributed by atoms with Crippen molar-refractivity contribution in [1.29, 1.82) is 0 Å². The summed E-state index contributed by atoms with van der Waals surface area (Å²) in [4.78, 5) is 46.7. The lowest BCUT2D eigenvalue weighted by Gasteiger charge is -2.60. The SMILES string of the molecule is C=CC(=O)N1CCN(C2NC(=O)N3C4NC(C(Cl)CC42)C2C(F)CCCC2NC(=O)CCSC2CCNC(C(C)C)C23)[C@@H](C)[C@H]1C. The number of alkyl halides is 2. The number of nitrogens with one attached hydrogen (secondary N) is 4. The lowest BCUT2D eigenvalue weighted by atomic mass is 9.72. The summed E-state index contributed by atoms with van der Waals surface area (Å²) in [6, 6.07) is -0.992. The molecule has 11 unspecified atom stereocenters. The summed E-state index contributed by atoms with van der Waals surface area (Å²) in [5.74, 6) is 0.249. The average molecular weight is 682 g/mol. The molecule has 6 fully saturated rings. The number of piperidine rings is 2. The summed E-state index contributed by atoms with van der Waals surface area (Å²) in [6.45, 7) is 14.2. The number of amides is 4. The second-order valence-electron chi connectivity index (χ2n) is 14.7. The fraction of sp³-hybridized carbons (Fsp3) is 0.848. The van der Waals surface area contributed by atoms with E-state index in [0.29, 0.717) is 38.1 Å². The van der Waals surface area contributed by atoms with E-state index in [4.69, 9.17) is 11.6 Å². The summed E-state index contributed by atoms with van der Waals surface area (Å²) in [6.07, 6.45) is 3.34. The molecule has 0 aromatic rings. The maximum Gasteiger partial charge on any atom is 0.320 e. The number of rotatable bonds is 3. The molecule has 5 saturated heterocycles. The Hall–Kier alpha value is -1.60. The Labute approximate surface area is 282 Å². The van der Waals surface area contributed by atoms with Crippen molar-refractivity contribution in [1.82, 2.24) is 36.0 Å². The zero-order valence-electron chi connectivity index (χ0n) is 27.7. The van der Waals surface area contributed by atoms with E-state index in [1.165, 1.54) is 6.08 Å². The van der Waals surface area contributed by atoms with Crippen LogP contribution in [0.3, 0.4) is 0 Å². The number of urea groups is 1. The van der Waals surface area contributed by atoms with Crippen LogP contribution in [0.4, 0.5) is 9.18 Å². The first-order chi connectivity index (χ1) is 22.0. The third kappa shape index (κ3) is 6.30. The van der Waals surface area contributed by atoms with Crippen LogP contribution in [0, 0.1) is 17.8 Å². The molecule has 6 aliphatic rings. The third-order valence-electron chi connectivity index (χ3n) is 11.9. The summed E-state index contributed by atoms with van der Waals surface area (Å²) in [5.41, 5.74) is 0. The standard InChI is InChI=1S/C33H53ClFN7O3S/c1-6-26(44)40-13-14-41(19(5)18(40)4)31-20-16-21(34)29-27-22(35)8-7-9-23(27)37-25(43)11-15-46-24-10-12-36-28(17(2)3)30(24)42(32(20)38-29)33(45)39-31/h6,17-24,27-32,36,38H,1,7-16H2,2-5H3,(H,37,43)(H,39,45)/t18-,19+,20?,21?,22?,23?,24?,27?,28?,29?,30?,31?,32?/m1/s1. The van der Waals surface area contributed by atoms with Crippen LogP contribution in [0.25, 0.3) is 0 Å². The van der Waals surface area contributed by atoms with Gasteiger partial charge in [0.25, 0.3) is 0 Å². The molecule has 5 heterocycles. The van der Waals surface area contributed by atoms with Crippen molar-refractivity contribution in [3.8, 4) is 0 Å². The lowest BCUT2D eigenvalue weighted by molar-refractivity contribution is -0.136. The molecule has 0 spiro atoms. The molecule has 4 amide bonds. The molecule has 46 heavy (non-hydrogen) atoms. The van der Waals surface area contributed by atoms with E-state index >= 15 is 4.39 Å². The molecule has 6 rings (SSSR count). The number of halogens is 2. The van der Waals surface area contributed by atoms with Crippen LogP contribution >= 0.6 is 23.4 Å². The van der Waals surface area contributed by atoms with Crippen LogP contribution in [-0.4, -0.2) is 123 Å². The Morgan fingerprint density at radius 2 is 1.89 bits per heavy atom. The molecular weight excluding hydrogens is 629 g/mol. The maximum absolute atomic E-state index is 16.0. The van der Waals surface area contributed by atoms with Crippen molar-refractivity contribution >= 4 is 41.2 Å². The van der Waals surface area contributed by atoms with Gasteiger partial charge in [-0.05, 0) is 64.5 Å². The van der Waals surface area contributed by atoms with E-state index in [9.17, 15) is 14.4 Å². The Bertz CT molecular complexity index is 1170. The first kappa shape index (κ1) is 34.3. The second kappa shape index (κ2) is 14.1. The summed E-state index contributed by atoms with van der Waals surface area (Å²) in [7, 11) is 0. The highest BCUT2D eigenvalue weighted by Crippen LogP contribution is 2.43. The lowest BCUT2D eigenvalue weighted by Crippen LogP contribution is -2.80. The third-order valence-corrected chi connectivity index (χ3v) is 13.7. The molecule has 4 N–H and O–H groups in total. The van der Waals surface area contributed by atoms with E-state index in [1.54, 1.807) is 11.8 Å². The smallest absolute Gasteiger partial charge is 0.320 e. The normalized spacial score (nSPS) is 44.0. The van der Waals surface area contributed by atoms with E-state index in [-0.39, 0.29) is 77.5 Å². The Balaban J connectivity index is 1.40.